The summed E-state index contributed by atoms with van der Waals surface area (Å²) in [5.41, 5.74) is 1.78. The second-order valence-corrected chi connectivity index (χ2v) is 8.32. The third kappa shape index (κ3) is 6.11. The van der Waals surface area contributed by atoms with E-state index in [-0.39, 0.29) is 17.7 Å². The Labute approximate surface area is 164 Å². The molecule has 0 unspecified atom stereocenters. The lowest BCUT2D eigenvalue weighted by Gasteiger charge is -2.24. The van der Waals surface area contributed by atoms with Gasteiger partial charge in [-0.3, -0.25) is 9.59 Å². The molecule has 0 spiro atoms. The van der Waals surface area contributed by atoms with E-state index in [1.807, 2.05) is 45.0 Å². The fourth-order valence-electron chi connectivity index (χ4n) is 3.08. The molecule has 0 aliphatic carbocycles. The molecule has 7 nitrogen and oxygen atoms in total. The fraction of sp³-hybridized carbons (Fsp3) is 0.476. The van der Waals surface area contributed by atoms with Crippen molar-refractivity contribution in [3.63, 3.8) is 0 Å². The van der Waals surface area contributed by atoms with E-state index < -0.39 is 24.0 Å². The average Bonchev–Trinajstić information content (AvgIpc) is 2.99. The Hall–Kier alpha value is -2.83. The monoisotopic (exact) mass is 387 g/mol. The van der Waals surface area contributed by atoms with Gasteiger partial charge < -0.3 is 20.7 Å². The van der Waals surface area contributed by atoms with Crippen LogP contribution in [0.3, 0.4) is 0 Å². The molecule has 28 heavy (non-hydrogen) atoms. The molecule has 2 atom stereocenters. The zero-order chi connectivity index (χ0) is 20.9. The standard InChI is InChI=1S/C21H29N3O4/c1-13(25)23-18(11-14-12-22-16-8-6-5-7-15(14)16)19(26)24-17(20(27)28)9-10-21(2,3)4/h5-8,12,17-18,22H,9-11H2,1-4H3,(H,23,25)(H,24,26)(H,27,28)/t17-,18+/m0/s1. The fourth-order valence-corrected chi connectivity index (χ4v) is 3.08. The van der Waals surface area contributed by atoms with Gasteiger partial charge in [-0.1, -0.05) is 39.0 Å². The molecule has 0 aliphatic heterocycles. The number of rotatable bonds is 8. The Morgan fingerprint density at radius 2 is 1.79 bits per heavy atom. The van der Waals surface area contributed by atoms with Gasteiger partial charge in [-0.2, -0.15) is 0 Å². The smallest absolute Gasteiger partial charge is 0.326 e. The Bertz CT molecular complexity index is 851. The topological polar surface area (TPSA) is 111 Å². The highest BCUT2D eigenvalue weighted by Crippen LogP contribution is 2.22. The maximum Gasteiger partial charge on any atom is 0.326 e. The molecule has 2 aromatic rings. The first-order chi connectivity index (χ1) is 13.1. The highest BCUT2D eigenvalue weighted by atomic mass is 16.4. The van der Waals surface area contributed by atoms with Crippen LogP contribution in [0.25, 0.3) is 10.9 Å². The number of benzene rings is 1. The predicted molar refractivity (Wildman–Crippen MR) is 108 cm³/mol. The van der Waals surface area contributed by atoms with E-state index in [1.54, 1.807) is 6.20 Å². The van der Waals surface area contributed by atoms with Gasteiger partial charge in [0, 0.05) is 30.4 Å². The van der Waals surface area contributed by atoms with Crippen molar-refractivity contribution in [2.75, 3.05) is 0 Å². The number of aromatic nitrogens is 1. The number of carbonyl (C=O) groups excluding carboxylic acids is 2. The summed E-state index contributed by atoms with van der Waals surface area (Å²) in [6, 6.07) is 5.83. The maximum absolute atomic E-state index is 12.8. The molecule has 7 heteroatoms. The van der Waals surface area contributed by atoms with Crippen molar-refractivity contribution in [3.05, 3.63) is 36.0 Å². The Balaban J connectivity index is 2.15. The van der Waals surface area contributed by atoms with Gasteiger partial charge in [0.1, 0.15) is 12.1 Å². The number of carboxylic acids is 1. The predicted octanol–water partition coefficient (Wildman–Crippen LogP) is 2.61. The van der Waals surface area contributed by atoms with Gasteiger partial charge in [0.25, 0.3) is 0 Å². The molecule has 2 amide bonds. The summed E-state index contributed by atoms with van der Waals surface area (Å²) in [6.07, 6.45) is 3.05. The lowest BCUT2D eigenvalue weighted by atomic mass is 9.88. The summed E-state index contributed by atoms with van der Waals surface area (Å²) in [5.74, 6) is -1.92. The molecule has 0 aliphatic rings. The van der Waals surface area contributed by atoms with Crippen LogP contribution in [0.15, 0.2) is 30.5 Å². The lowest BCUT2D eigenvalue weighted by molar-refractivity contribution is -0.142. The zero-order valence-electron chi connectivity index (χ0n) is 16.8. The minimum atomic E-state index is -1.08. The van der Waals surface area contributed by atoms with Gasteiger partial charge in [0.2, 0.25) is 11.8 Å². The van der Waals surface area contributed by atoms with Crippen LogP contribution in [0.2, 0.25) is 0 Å². The van der Waals surface area contributed by atoms with Gasteiger partial charge in [0.05, 0.1) is 0 Å². The molecule has 0 radical (unpaired) electrons. The van der Waals surface area contributed by atoms with E-state index in [1.165, 1.54) is 6.92 Å². The SMILES string of the molecule is CC(=O)N[C@H](Cc1c[nH]c2ccccc12)C(=O)N[C@@H](CCC(C)(C)C)C(=O)O. The first-order valence-corrected chi connectivity index (χ1v) is 9.42. The van der Waals surface area contributed by atoms with Crippen LogP contribution in [0, 0.1) is 5.41 Å². The number of fused-ring (bicyclic) bond motifs is 1. The van der Waals surface area contributed by atoms with Gasteiger partial charge in [0.15, 0.2) is 0 Å². The minimum Gasteiger partial charge on any atom is -0.480 e. The summed E-state index contributed by atoms with van der Waals surface area (Å²) in [7, 11) is 0. The van der Waals surface area contributed by atoms with Crippen LogP contribution < -0.4 is 10.6 Å². The number of para-hydroxylation sites is 1. The molecule has 0 bridgehead atoms. The normalized spacial score (nSPS) is 13.7. The number of carbonyl (C=O) groups is 3. The minimum absolute atomic E-state index is 0.0422. The first-order valence-electron chi connectivity index (χ1n) is 9.42. The van der Waals surface area contributed by atoms with Gasteiger partial charge >= 0.3 is 5.97 Å². The number of aromatic amines is 1. The average molecular weight is 387 g/mol. The molecule has 0 fully saturated rings. The third-order valence-corrected chi connectivity index (χ3v) is 4.59. The quantitative estimate of drug-likeness (QED) is 0.558. The summed E-state index contributed by atoms with van der Waals surface area (Å²) < 4.78 is 0. The van der Waals surface area contributed by atoms with Crippen molar-refractivity contribution in [1.82, 2.24) is 15.6 Å². The van der Waals surface area contributed by atoms with Crippen molar-refractivity contribution in [2.45, 2.75) is 59.0 Å². The van der Waals surface area contributed by atoms with Crippen LogP contribution in [0.5, 0.6) is 0 Å². The number of H-pyrrole nitrogens is 1. The number of amides is 2. The van der Waals surface area contributed by atoms with Crippen molar-refractivity contribution in [1.29, 1.82) is 0 Å². The zero-order valence-corrected chi connectivity index (χ0v) is 16.8. The molecule has 0 saturated carbocycles. The van der Waals surface area contributed by atoms with Crippen molar-refractivity contribution < 1.29 is 19.5 Å². The first kappa shape index (κ1) is 21.5. The molecule has 1 aromatic heterocycles. The number of hydrogen-bond donors (Lipinski definition) is 4. The van der Waals surface area contributed by atoms with Crippen LogP contribution in [-0.4, -0.2) is 40.0 Å². The number of hydrogen-bond acceptors (Lipinski definition) is 3. The highest BCUT2D eigenvalue weighted by molar-refractivity contribution is 5.91. The molecule has 2 rings (SSSR count). The van der Waals surface area contributed by atoms with E-state index in [0.29, 0.717) is 12.8 Å². The molecule has 1 aromatic carbocycles. The summed E-state index contributed by atoms with van der Waals surface area (Å²) in [4.78, 5) is 39.1. The van der Waals surface area contributed by atoms with Crippen LogP contribution in [0.4, 0.5) is 0 Å². The van der Waals surface area contributed by atoms with E-state index in [9.17, 15) is 19.5 Å². The summed E-state index contributed by atoms with van der Waals surface area (Å²) in [5, 5.41) is 15.7. The van der Waals surface area contributed by atoms with Crippen molar-refractivity contribution in [3.8, 4) is 0 Å². The van der Waals surface area contributed by atoms with E-state index in [0.717, 1.165) is 16.5 Å². The molecular formula is C21H29N3O4. The Kier molecular flexibility index (Phi) is 6.83. The van der Waals surface area contributed by atoms with Gasteiger partial charge in [-0.15, -0.1) is 0 Å². The number of nitrogens with one attached hydrogen (secondary N) is 3. The number of aliphatic carboxylic acids is 1. The van der Waals surface area contributed by atoms with E-state index >= 15 is 0 Å². The number of carboxylic acid groups (broad SMARTS) is 1. The molecule has 4 N–H and O–H groups in total. The Morgan fingerprint density at radius 1 is 1.11 bits per heavy atom. The van der Waals surface area contributed by atoms with Crippen LogP contribution in [0.1, 0.15) is 46.1 Å². The third-order valence-electron chi connectivity index (χ3n) is 4.59. The summed E-state index contributed by atoms with van der Waals surface area (Å²) >= 11 is 0. The molecule has 152 valence electrons. The van der Waals surface area contributed by atoms with E-state index in [2.05, 4.69) is 15.6 Å². The molecular weight excluding hydrogens is 358 g/mol. The van der Waals surface area contributed by atoms with Crippen LogP contribution >= 0.6 is 0 Å². The second kappa shape index (κ2) is 8.91. The largest absolute Gasteiger partial charge is 0.480 e. The van der Waals surface area contributed by atoms with Crippen molar-refractivity contribution >= 4 is 28.7 Å². The lowest BCUT2D eigenvalue weighted by Crippen LogP contribution is -2.52. The molecule has 1 heterocycles. The van der Waals surface area contributed by atoms with E-state index in [4.69, 9.17) is 0 Å². The van der Waals surface area contributed by atoms with Crippen LogP contribution in [-0.2, 0) is 20.8 Å². The summed E-state index contributed by atoms with van der Waals surface area (Å²) in [6.45, 7) is 7.39. The van der Waals surface area contributed by atoms with Gasteiger partial charge in [-0.05, 0) is 29.9 Å². The molecule has 0 saturated heterocycles. The second-order valence-electron chi connectivity index (χ2n) is 8.32. The highest BCUT2D eigenvalue weighted by Gasteiger charge is 2.27. The Morgan fingerprint density at radius 3 is 2.39 bits per heavy atom. The van der Waals surface area contributed by atoms with Gasteiger partial charge in [-0.25, -0.2) is 4.79 Å². The van der Waals surface area contributed by atoms with Crippen molar-refractivity contribution in [2.24, 2.45) is 5.41 Å². The maximum atomic E-state index is 12.8.